The lowest BCUT2D eigenvalue weighted by Crippen LogP contribution is -2.23. The van der Waals surface area contributed by atoms with Crippen molar-refractivity contribution in [3.8, 4) is 16.8 Å². The highest BCUT2D eigenvalue weighted by atomic mass is 35.5. The summed E-state index contributed by atoms with van der Waals surface area (Å²) in [5, 5.41) is 0.652. The number of sulfonamides is 1. The van der Waals surface area contributed by atoms with Crippen molar-refractivity contribution >= 4 is 44.2 Å². The lowest BCUT2D eigenvalue weighted by Gasteiger charge is -2.13. The number of hydrogen-bond donors (Lipinski definition) is 2. The number of benzene rings is 3. The minimum Gasteiger partial charge on any atom is -0.369 e. The average Bonchev–Trinajstić information content (AvgIpc) is 2.85. The number of hydrogen-bond acceptors (Lipinski definition) is 6. The third-order valence-corrected chi connectivity index (χ3v) is 7.04. The number of nitrogens with zero attached hydrogens (tertiary/aromatic N) is 3. The molecule has 3 N–H and O–H groups in total. The number of rotatable bonds is 5. The van der Waals surface area contributed by atoms with E-state index in [1.54, 1.807) is 72.8 Å². The molecule has 2 heterocycles. The van der Waals surface area contributed by atoms with E-state index in [1.165, 1.54) is 23.0 Å². The van der Waals surface area contributed by atoms with Gasteiger partial charge in [-0.15, -0.1) is 0 Å². The van der Waals surface area contributed by atoms with E-state index >= 15 is 0 Å². The Kier molecular flexibility index (Phi) is 5.72. The van der Waals surface area contributed by atoms with Crippen LogP contribution in [-0.4, -0.2) is 23.0 Å². The molecule has 0 aliphatic heterocycles. The van der Waals surface area contributed by atoms with Crippen molar-refractivity contribution in [1.29, 1.82) is 0 Å². The minimum absolute atomic E-state index is 0.00472. The van der Waals surface area contributed by atoms with Crippen molar-refractivity contribution in [2.75, 3.05) is 10.5 Å². The van der Waals surface area contributed by atoms with Crippen LogP contribution in [0.4, 0.5) is 11.6 Å². The fourth-order valence-corrected chi connectivity index (χ4v) is 4.96. The molecule has 0 radical (unpaired) electrons. The molecule has 0 fully saturated rings. The van der Waals surface area contributed by atoms with Gasteiger partial charge in [0.15, 0.2) is 0 Å². The van der Waals surface area contributed by atoms with Gasteiger partial charge >= 0.3 is 0 Å². The number of anilines is 2. The lowest BCUT2D eigenvalue weighted by molar-refractivity contribution is 0.601. The summed E-state index contributed by atoms with van der Waals surface area (Å²) in [6, 6.07) is 21.9. The molecule has 35 heavy (non-hydrogen) atoms. The zero-order valence-electron chi connectivity index (χ0n) is 18.1. The van der Waals surface area contributed by atoms with Crippen LogP contribution in [0.1, 0.15) is 0 Å². The number of aromatic nitrogens is 3. The molecule has 0 amide bonds. The van der Waals surface area contributed by atoms with Crippen molar-refractivity contribution in [2.24, 2.45) is 0 Å². The van der Waals surface area contributed by atoms with E-state index < -0.39 is 15.6 Å². The highest BCUT2D eigenvalue weighted by Gasteiger charge is 2.17. The molecule has 0 unspecified atom stereocenters. The lowest BCUT2D eigenvalue weighted by atomic mass is 10.1. The largest absolute Gasteiger partial charge is 0.369 e. The van der Waals surface area contributed by atoms with Gasteiger partial charge in [0.2, 0.25) is 5.95 Å². The molecule has 0 aliphatic rings. The molecule has 0 saturated heterocycles. The topological polar surface area (TPSA) is 120 Å². The quantitative estimate of drug-likeness (QED) is 0.365. The third-order valence-electron chi connectivity index (χ3n) is 5.37. The van der Waals surface area contributed by atoms with E-state index in [4.69, 9.17) is 17.3 Å². The molecule has 0 aliphatic carbocycles. The summed E-state index contributed by atoms with van der Waals surface area (Å²) in [5.41, 5.74) is 8.05. The molecule has 5 aromatic rings. The molecular weight excluding hydrogens is 486 g/mol. The van der Waals surface area contributed by atoms with E-state index in [0.717, 1.165) is 0 Å². The van der Waals surface area contributed by atoms with Gasteiger partial charge in [0.05, 0.1) is 21.6 Å². The molecule has 0 atom stereocenters. The molecule has 2 aromatic heterocycles. The van der Waals surface area contributed by atoms with Gasteiger partial charge in [-0.1, -0.05) is 48.0 Å². The van der Waals surface area contributed by atoms with Gasteiger partial charge in [0.25, 0.3) is 15.6 Å². The fraction of sp³-hybridized carbons (Fsp3) is 0. The van der Waals surface area contributed by atoms with Crippen LogP contribution in [-0.2, 0) is 10.0 Å². The maximum absolute atomic E-state index is 13.4. The van der Waals surface area contributed by atoms with Crippen molar-refractivity contribution in [1.82, 2.24) is 14.5 Å². The molecule has 10 heteroatoms. The SMILES string of the molecule is Nc1nc2ccc(-c3cncc(S(=O)(=O)Nc4ccccc4)c3)cc2c(=O)n1-c1ccccc1Cl. The van der Waals surface area contributed by atoms with Gasteiger partial charge in [0.1, 0.15) is 4.90 Å². The average molecular weight is 504 g/mol. The molecule has 174 valence electrons. The van der Waals surface area contributed by atoms with Crippen LogP contribution in [0.15, 0.2) is 101 Å². The van der Waals surface area contributed by atoms with Crippen LogP contribution in [0.5, 0.6) is 0 Å². The number of halogens is 1. The summed E-state index contributed by atoms with van der Waals surface area (Å²) < 4.78 is 29.5. The number of nitrogens with two attached hydrogens (primary N) is 1. The number of nitrogens with one attached hydrogen (secondary N) is 1. The number of pyridine rings is 1. The second-order valence-electron chi connectivity index (χ2n) is 7.67. The maximum Gasteiger partial charge on any atom is 0.267 e. The van der Waals surface area contributed by atoms with Crippen molar-refractivity contribution < 1.29 is 8.42 Å². The molecule has 0 spiro atoms. The van der Waals surface area contributed by atoms with Gasteiger partial charge in [-0.2, -0.15) is 0 Å². The van der Waals surface area contributed by atoms with Crippen LogP contribution in [0, 0.1) is 0 Å². The van der Waals surface area contributed by atoms with Gasteiger partial charge < -0.3 is 5.73 Å². The second kappa shape index (κ2) is 8.86. The Morgan fingerprint density at radius 1 is 0.886 bits per heavy atom. The predicted octanol–water partition coefficient (Wildman–Crippen LogP) is 4.48. The number of fused-ring (bicyclic) bond motifs is 1. The van der Waals surface area contributed by atoms with Gasteiger partial charge in [0, 0.05) is 23.6 Å². The molecule has 8 nitrogen and oxygen atoms in total. The van der Waals surface area contributed by atoms with Crippen LogP contribution in [0.3, 0.4) is 0 Å². The molecule has 0 saturated carbocycles. The maximum atomic E-state index is 13.4. The van der Waals surface area contributed by atoms with Crippen LogP contribution >= 0.6 is 11.6 Å². The first-order chi connectivity index (χ1) is 16.8. The zero-order chi connectivity index (χ0) is 24.6. The van der Waals surface area contributed by atoms with E-state index in [2.05, 4.69) is 14.7 Å². The summed E-state index contributed by atoms with van der Waals surface area (Å²) in [7, 11) is -3.87. The first kappa shape index (κ1) is 22.6. The van der Waals surface area contributed by atoms with Crippen LogP contribution < -0.4 is 16.0 Å². The van der Waals surface area contributed by atoms with E-state index in [9.17, 15) is 13.2 Å². The Balaban J connectivity index is 1.60. The first-order valence-electron chi connectivity index (χ1n) is 10.4. The second-order valence-corrected chi connectivity index (χ2v) is 9.76. The normalized spacial score (nSPS) is 11.5. The monoisotopic (exact) mass is 503 g/mol. The third kappa shape index (κ3) is 4.34. The Bertz CT molecular complexity index is 1740. The Morgan fingerprint density at radius 2 is 1.63 bits per heavy atom. The highest BCUT2D eigenvalue weighted by molar-refractivity contribution is 7.92. The van der Waals surface area contributed by atoms with Crippen LogP contribution in [0.25, 0.3) is 27.7 Å². The van der Waals surface area contributed by atoms with Gasteiger partial charge in [-0.05, 0) is 48.0 Å². The number of para-hydroxylation sites is 2. The van der Waals surface area contributed by atoms with Crippen molar-refractivity contribution in [3.05, 3.63) is 107 Å². The van der Waals surface area contributed by atoms with E-state index in [1.807, 2.05) is 0 Å². The predicted molar refractivity (Wildman–Crippen MR) is 137 cm³/mol. The minimum atomic E-state index is -3.87. The summed E-state index contributed by atoms with van der Waals surface area (Å²) >= 11 is 6.29. The Hall–Kier alpha value is -4.21. The number of nitrogen functional groups attached to an aromatic ring is 1. The van der Waals surface area contributed by atoms with Crippen molar-refractivity contribution in [2.45, 2.75) is 4.90 Å². The molecule has 0 bridgehead atoms. The Labute approximate surface area is 205 Å². The van der Waals surface area contributed by atoms with Crippen LogP contribution in [0.2, 0.25) is 5.02 Å². The van der Waals surface area contributed by atoms with Gasteiger partial charge in [-0.3, -0.25) is 14.5 Å². The van der Waals surface area contributed by atoms with E-state index in [-0.39, 0.29) is 10.8 Å². The van der Waals surface area contributed by atoms with Crippen molar-refractivity contribution in [3.63, 3.8) is 0 Å². The first-order valence-corrected chi connectivity index (χ1v) is 12.3. The molecular formula is C25H18ClN5O3S. The summed E-state index contributed by atoms with van der Waals surface area (Å²) in [6.07, 6.45) is 2.79. The summed E-state index contributed by atoms with van der Waals surface area (Å²) in [6.45, 7) is 0. The summed E-state index contributed by atoms with van der Waals surface area (Å²) in [4.78, 5) is 21.8. The Morgan fingerprint density at radius 3 is 2.40 bits per heavy atom. The van der Waals surface area contributed by atoms with Gasteiger partial charge in [-0.25, -0.2) is 18.0 Å². The fourth-order valence-electron chi connectivity index (χ4n) is 3.69. The van der Waals surface area contributed by atoms with E-state index in [0.29, 0.717) is 38.4 Å². The summed E-state index contributed by atoms with van der Waals surface area (Å²) in [5.74, 6) is 0.00472. The highest BCUT2D eigenvalue weighted by Crippen LogP contribution is 2.27. The zero-order valence-corrected chi connectivity index (χ0v) is 19.7. The molecule has 3 aromatic carbocycles. The standard InChI is InChI=1S/C25H18ClN5O3S/c26-21-8-4-5-9-23(21)31-24(32)20-13-16(10-11-22(20)29-25(31)27)17-12-19(15-28-14-17)35(33,34)30-18-6-2-1-3-7-18/h1-15,30H,(H2,27,29). The molecule has 5 rings (SSSR count). The smallest absolute Gasteiger partial charge is 0.267 e.